The van der Waals surface area contributed by atoms with Crippen molar-refractivity contribution in [1.29, 1.82) is 0 Å². The summed E-state index contributed by atoms with van der Waals surface area (Å²) in [5.74, 6) is -0.344. The van der Waals surface area contributed by atoms with Crippen LogP contribution >= 0.6 is 0 Å². The Bertz CT molecular complexity index is 1190. The smallest absolute Gasteiger partial charge is 0.264 e. The van der Waals surface area contributed by atoms with Gasteiger partial charge in [-0.15, -0.1) is 0 Å². The zero-order valence-corrected chi connectivity index (χ0v) is 18.9. The molecule has 3 aromatic rings. The van der Waals surface area contributed by atoms with Crippen LogP contribution in [-0.4, -0.2) is 34.0 Å². The number of rotatable bonds is 7. The summed E-state index contributed by atoms with van der Waals surface area (Å²) in [6, 6.07) is 22.9. The van der Waals surface area contributed by atoms with Crippen molar-refractivity contribution >= 4 is 33.0 Å². The molecule has 6 nitrogen and oxygen atoms in total. The molecule has 0 unspecified atom stereocenters. The van der Waals surface area contributed by atoms with E-state index in [0.717, 1.165) is 18.8 Å². The number of carbonyl (C=O) groups is 1. The monoisotopic (exact) mass is 449 g/mol. The van der Waals surface area contributed by atoms with Crippen molar-refractivity contribution in [3.63, 3.8) is 0 Å². The van der Waals surface area contributed by atoms with E-state index in [9.17, 15) is 13.2 Å². The summed E-state index contributed by atoms with van der Waals surface area (Å²) >= 11 is 0. The van der Waals surface area contributed by atoms with Gasteiger partial charge in [-0.1, -0.05) is 30.3 Å². The standard InChI is InChI=1S/C25H27N3O3S/c1-2-28(22-12-4-3-5-13-22)32(30,31)24-15-8-10-20(18-24)25(29)26-21-11-9-14-23(19-21)27-16-6-7-17-27/h3-5,8-15,18-19H,2,6-7,16-17H2,1H3,(H,26,29). The minimum atomic E-state index is -3.80. The maximum Gasteiger partial charge on any atom is 0.264 e. The molecule has 0 spiro atoms. The van der Waals surface area contributed by atoms with E-state index >= 15 is 0 Å². The summed E-state index contributed by atoms with van der Waals surface area (Å²) in [4.78, 5) is 15.3. The van der Waals surface area contributed by atoms with Crippen molar-refractivity contribution in [3.8, 4) is 0 Å². The Hall–Kier alpha value is -3.32. The van der Waals surface area contributed by atoms with Crippen LogP contribution in [0.1, 0.15) is 30.1 Å². The third-order valence-corrected chi connectivity index (χ3v) is 7.49. The summed E-state index contributed by atoms with van der Waals surface area (Å²) in [5, 5.41) is 2.90. The number of hydrogen-bond donors (Lipinski definition) is 1. The molecule has 32 heavy (non-hydrogen) atoms. The van der Waals surface area contributed by atoms with Gasteiger partial charge in [0.1, 0.15) is 0 Å². The van der Waals surface area contributed by atoms with Crippen molar-refractivity contribution in [2.45, 2.75) is 24.7 Å². The average molecular weight is 450 g/mol. The van der Waals surface area contributed by atoms with Crippen LogP contribution < -0.4 is 14.5 Å². The molecule has 0 radical (unpaired) electrons. The number of anilines is 3. The first-order valence-electron chi connectivity index (χ1n) is 10.8. The van der Waals surface area contributed by atoms with E-state index in [1.165, 1.54) is 29.3 Å². The Labute approximate surface area is 189 Å². The van der Waals surface area contributed by atoms with E-state index in [2.05, 4.69) is 10.2 Å². The number of nitrogens with zero attached hydrogens (tertiary/aromatic N) is 2. The molecule has 0 atom stereocenters. The van der Waals surface area contributed by atoms with Gasteiger partial charge in [-0.3, -0.25) is 9.10 Å². The topological polar surface area (TPSA) is 69.7 Å². The lowest BCUT2D eigenvalue weighted by atomic mass is 10.2. The fraction of sp³-hybridized carbons (Fsp3) is 0.240. The first-order chi connectivity index (χ1) is 15.5. The molecule has 0 aromatic heterocycles. The van der Waals surface area contributed by atoms with Crippen molar-refractivity contribution in [2.75, 3.05) is 34.2 Å². The van der Waals surface area contributed by atoms with Crippen LogP contribution in [0.3, 0.4) is 0 Å². The molecule has 1 fully saturated rings. The van der Waals surface area contributed by atoms with Crippen LogP contribution in [0, 0.1) is 0 Å². The molecule has 1 saturated heterocycles. The predicted molar refractivity (Wildman–Crippen MR) is 129 cm³/mol. The number of hydrogen-bond acceptors (Lipinski definition) is 4. The van der Waals surface area contributed by atoms with Crippen LogP contribution in [0.4, 0.5) is 17.1 Å². The zero-order valence-electron chi connectivity index (χ0n) is 18.1. The quantitative estimate of drug-likeness (QED) is 0.565. The van der Waals surface area contributed by atoms with Crippen LogP contribution in [0.25, 0.3) is 0 Å². The molecular formula is C25H27N3O3S. The van der Waals surface area contributed by atoms with Gasteiger partial charge in [0.15, 0.2) is 0 Å². The molecular weight excluding hydrogens is 422 g/mol. The lowest BCUT2D eigenvalue weighted by molar-refractivity contribution is 0.102. The van der Waals surface area contributed by atoms with Crippen LogP contribution in [0.2, 0.25) is 0 Å². The Morgan fingerprint density at radius 3 is 2.38 bits per heavy atom. The second-order valence-corrected chi connectivity index (χ2v) is 9.59. The normalized spacial score (nSPS) is 13.7. The first-order valence-corrected chi connectivity index (χ1v) is 12.3. The number of carbonyl (C=O) groups excluding carboxylic acids is 1. The zero-order chi connectivity index (χ0) is 22.6. The number of amides is 1. The molecule has 0 bridgehead atoms. The van der Waals surface area contributed by atoms with Gasteiger partial charge in [-0.25, -0.2) is 8.42 Å². The minimum absolute atomic E-state index is 0.0849. The number of para-hydroxylation sites is 1. The summed E-state index contributed by atoms with van der Waals surface area (Å²) in [7, 11) is -3.80. The van der Waals surface area contributed by atoms with Gasteiger partial charge in [0, 0.05) is 36.6 Å². The predicted octanol–water partition coefficient (Wildman–Crippen LogP) is 4.75. The highest BCUT2D eigenvalue weighted by molar-refractivity contribution is 7.92. The molecule has 1 heterocycles. The van der Waals surface area contributed by atoms with Gasteiger partial charge in [0.2, 0.25) is 0 Å². The molecule has 4 rings (SSSR count). The van der Waals surface area contributed by atoms with Gasteiger partial charge < -0.3 is 10.2 Å². The van der Waals surface area contributed by atoms with Gasteiger partial charge >= 0.3 is 0 Å². The molecule has 1 aliphatic heterocycles. The highest BCUT2D eigenvalue weighted by Crippen LogP contribution is 2.26. The fourth-order valence-electron chi connectivity index (χ4n) is 3.97. The van der Waals surface area contributed by atoms with E-state index in [1.54, 1.807) is 43.3 Å². The highest BCUT2D eigenvalue weighted by atomic mass is 32.2. The Morgan fingerprint density at radius 2 is 1.66 bits per heavy atom. The first kappa shape index (κ1) is 21.9. The lowest BCUT2D eigenvalue weighted by Gasteiger charge is -2.23. The van der Waals surface area contributed by atoms with E-state index in [1.807, 2.05) is 30.3 Å². The van der Waals surface area contributed by atoms with Crippen molar-refractivity contribution in [2.24, 2.45) is 0 Å². The van der Waals surface area contributed by atoms with Crippen molar-refractivity contribution in [3.05, 3.63) is 84.4 Å². The number of benzene rings is 3. The van der Waals surface area contributed by atoms with E-state index in [4.69, 9.17) is 0 Å². The second kappa shape index (κ2) is 9.44. The van der Waals surface area contributed by atoms with Crippen molar-refractivity contribution < 1.29 is 13.2 Å². The molecule has 3 aromatic carbocycles. The minimum Gasteiger partial charge on any atom is -0.371 e. The summed E-state index contributed by atoms with van der Waals surface area (Å²) in [5.41, 5.74) is 2.65. The van der Waals surface area contributed by atoms with Crippen molar-refractivity contribution in [1.82, 2.24) is 0 Å². The van der Waals surface area contributed by atoms with E-state index in [-0.39, 0.29) is 17.3 Å². The van der Waals surface area contributed by atoms with E-state index in [0.29, 0.717) is 16.9 Å². The van der Waals surface area contributed by atoms with Crippen LogP contribution in [0.15, 0.2) is 83.8 Å². The SMILES string of the molecule is CCN(c1ccccc1)S(=O)(=O)c1cccc(C(=O)Nc2cccc(N3CCCC3)c2)c1. The Morgan fingerprint density at radius 1 is 0.938 bits per heavy atom. The Kier molecular flexibility index (Phi) is 6.46. The molecule has 1 amide bonds. The maximum absolute atomic E-state index is 13.3. The van der Waals surface area contributed by atoms with Gasteiger partial charge in [-0.2, -0.15) is 0 Å². The molecule has 0 saturated carbocycles. The van der Waals surface area contributed by atoms with Gasteiger partial charge in [0.05, 0.1) is 10.6 Å². The van der Waals surface area contributed by atoms with Gasteiger partial charge in [0.25, 0.3) is 15.9 Å². The lowest BCUT2D eigenvalue weighted by Crippen LogP contribution is -2.31. The fourth-order valence-corrected chi connectivity index (χ4v) is 5.49. The maximum atomic E-state index is 13.3. The van der Waals surface area contributed by atoms with E-state index < -0.39 is 10.0 Å². The van der Waals surface area contributed by atoms with Gasteiger partial charge in [-0.05, 0) is 68.3 Å². The highest BCUT2D eigenvalue weighted by Gasteiger charge is 2.24. The Balaban J connectivity index is 1.56. The summed E-state index contributed by atoms with van der Waals surface area (Å²) < 4.78 is 27.9. The third kappa shape index (κ3) is 4.62. The number of nitrogens with one attached hydrogen (secondary N) is 1. The number of sulfonamides is 1. The largest absolute Gasteiger partial charge is 0.371 e. The molecule has 1 aliphatic rings. The summed E-state index contributed by atoms with van der Waals surface area (Å²) in [6.07, 6.45) is 2.35. The molecule has 0 aliphatic carbocycles. The summed E-state index contributed by atoms with van der Waals surface area (Å²) in [6.45, 7) is 4.11. The van der Waals surface area contributed by atoms with Crippen LogP contribution in [-0.2, 0) is 10.0 Å². The van der Waals surface area contributed by atoms with Crippen LogP contribution in [0.5, 0.6) is 0 Å². The third-order valence-electron chi connectivity index (χ3n) is 5.59. The average Bonchev–Trinajstić information content (AvgIpc) is 3.35. The molecule has 7 heteroatoms. The molecule has 1 N–H and O–H groups in total. The molecule has 166 valence electrons. The second-order valence-electron chi connectivity index (χ2n) is 7.73.